The molecule has 10 heteroatoms. The lowest BCUT2D eigenvalue weighted by Crippen LogP contribution is -2.43. The van der Waals surface area contributed by atoms with Crippen LogP contribution in [0.3, 0.4) is 0 Å². The molecule has 1 atom stereocenters. The van der Waals surface area contributed by atoms with Crippen LogP contribution < -0.4 is 10.6 Å². The van der Waals surface area contributed by atoms with Crippen LogP contribution in [0.15, 0.2) is 55.2 Å². The fourth-order valence-corrected chi connectivity index (χ4v) is 4.71. The summed E-state index contributed by atoms with van der Waals surface area (Å²) in [5, 5.41) is 1.04. The van der Waals surface area contributed by atoms with Crippen LogP contribution in [0.25, 0.3) is 11.0 Å². The second kappa shape index (κ2) is 9.74. The maximum Gasteiger partial charge on any atom is 0.262 e. The van der Waals surface area contributed by atoms with Gasteiger partial charge in [-0.3, -0.25) is 14.6 Å². The van der Waals surface area contributed by atoms with Crippen LogP contribution in [-0.2, 0) is 0 Å². The number of anilines is 2. The minimum absolute atomic E-state index is 0.0973. The van der Waals surface area contributed by atoms with E-state index in [1.54, 1.807) is 54.1 Å². The van der Waals surface area contributed by atoms with Gasteiger partial charge in [0.15, 0.2) is 0 Å². The molecule has 1 amide bonds. The van der Waals surface area contributed by atoms with Crippen LogP contribution in [0.5, 0.6) is 0 Å². The van der Waals surface area contributed by atoms with Gasteiger partial charge in [-0.2, -0.15) is 0 Å². The Morgan fingerprint density at radius 2 is 1.88 bits per heavy atom. The van der Waals surface area contributed by atoms with E-state index in [4.69, 9.17) is 17.3 Å². The van der Waals surface area contributed by atoms with Crippen molar-refractivity contribution in [2.45, 2.75) is 25.3 Å². The second-order valence-corrected chi connectivity index (χ2v) is 8.72. The quantitative estimate of drug-likeness (QED) is 0.434. The number of halogens is 1. The molecular weight excluding hydrogens is 452 g/mol. The number of rotatable bonds is 6. The number of aromatic nitrogens is 5. The monoisotopic (exact) mass is 476 g/mol. The van der Waals surface area contributed by atoms with Gasteiger partial charge >= 0.3 is 0 Å². The summed E-state index contributed by atoms with van der Waals surface area (Å²) in [6.07, 6.45) is 11.7. The van der Waals surface area contributed by atoms with Gasteiger partial charge in [0.1, 0.15) is 11.5 Å². The Bertz CT molecular complexity index is 1270. The molecule has 0 aromatic carbocycles. The number of nitrogens with zero attached hydrogens (tertiary/aromatic N) is 6. The lowest BCUT2D eigenvalue weighted by molar-refractivity contribution is 0.0967. The lowest BCUT2D eigenvalue weighted by Gasteiger charge is -2.37. The zero-order valence-corrected chi connectivity index (χ0v) is 19.3. The predicted molar refractivity (Wildman–Crippen MR) is 132 cm³/mol. The molecule has 1 aliphatic rings. The van der Waals surface area contributed by atoms with Crippen molar-refractivity contribution in [1.82, 2.24) is 29.8 Å². The van der Waals surface area contributed by atoms with Crippen LogP contribution >= 0.6 is 11.6 Å². The van der Waals surface area contributed by atoms with Crippen molar-refractivity contribution < 1.29 is 4.79 Å². The summed E-state index contributed by atoms with van der Waals surface area (Å²) < 4.78 is 0. The number of carbonyl (C=O) groups excluding carboxylic acids is 1. The SMILES string of the molecule is Nc1ccc(C(CN(C(=O)c2c[nH]c3nccc(Cl)c23)c2ncccn2)N2CCCCC2)cn1. The first-order valence-corrected chi connectivity index (χ1v) is 11.7. The topological polar surface area (TPSA) is 117 Å². The molecule has 0 radical (unpaired) electrons. The van der Waals surface area contributed by atoms with Crippen molar-refractivity contribution in [2.24, 2.45) is 0 Å². The molecule has 1 aliphatic heterocycles. The summed E-state index contributed by atoms with van der Waals surface area (Å²) in [7, 11) is 0. The maximum atomic E-state index is 14.0. The molecule has 0 bridgehead atoms. The van der Waals surface area contributed by atoms with Crippen LogP contribution in [0.2, 0.25) is 5.02 Å². The highest BCUT2D eigenvalue weighted by atomic mass is 35.5. The Hall–Kier alpha value is -3.56. The van der Waals surface area contributed by atoms with Gasteiger partial charge in [-0.05, 0) is 49.7 Å². The molecule has 3 N–H and O–H groups in total. The third kappa shape index (κ3) is 4.44. The number of nitrogens with one attached hydrogen (secondary N) is 1. The number of hydrogen-bond donors (Lipinski definition) is 2. The van der Waals surface area contributed by atoms with Gasteiger partial charge in [-0.25, -0.2) is 19.9 Å². The van der Waals surface area contributed by atoms with Gasteiger partial charge in [0.2, 0.25) is 5.95 Å². The van der Waals surface area contributed by atoms with E-state index in [2.05, 4.69) is 29.8 Å². The number of carbonyl (C=O) groups is 1. The molecule has 0 saturated carbocycles. The Kier molecular flexibility index (Phi) is 6.37. The molecule has 5 rings (SSSR count). The molecule has 0 aliphatic carbocycles. The minimum atomic E-state index is -0.252. The average Bonchev–Trinajstić information content (AvgIpc) is 3.32. The Labute approximate surface area is 202 Å². The molecular formula is C24H25ClN8O. The lowest BCUT2D eigenvalue weighted by atomic mass is 10.0. The summed E-state index contributed by atoms with van der Waals surface area (Å²) in [5.41, 5.74) is 7.82. The van der Waals surface area contributed by atoms with Gasteiger partial charge in [0.25, 0.3) is 5.91 Å². The highest BCUT2D eigenvalue weighted by Crippen LogP contribution is 2.30. The number of fused-ring (bicyclic) bond motifs is 1. The molecule has 9 nitrogen and oxygen atoms in total. The Morgan fingerprint density at radius 1 is 1.09 bits per heavy atom. The van der Waals surface area contributed by atoms with E-state index in [1.165, 1.54) is 6.42 Å². The third-order valence-corrected chi connectivity index (χ3v) is 6.49. The van der Waals surface area contributed by atoms with Gasteiger partial charge in [0, 0.05) is 37.5 Å². The van der Waals surface area contributed by atoms with E-state index in [-0.39, 0.29) is 11.9 Å². The van der Waals surface area contributed by atoms with E-state index >= 15 is 0 Å². The van der Waals surface area contributed by atoms with Gasteiger partial charge < -0.3 is 10.7 Å². The molecule has 1 saturated heterocycles. The summed E-state index contributed by atoms with van der Waals surface area (Å²) >= 11 is 6.45. The summed E-state index contributed by atoms with van der Waals surface area (Å²) in [4.78, 5) is 38.4. The fourth-order valence-electron chi connectivity index (χ4n) is 4.47. The van der Waals surface area contributed by atoms with Crippen LogP contribution in [0.4, 0.5) is 11.8 Å². The van der Waals surface area contributed by atoms with Gasteiger partial charge in [-0.1, -0.05) is 24.1 Å². The highest BCUT2D eigenvalue weighted by Gasteiger charge is 2.31. The first-order chi connectivity index (χ1) is 16.6. The first-order valence-electron chi connectivity index (χ1n) is 11.3. The van der Waals surface area contributed by atoms with Crippen LogP contribution in [0.1, 0.15) is 41.2 Å². The number of aromatic amines is 1. The van der Waals surface area contributed by atoms with E-state index in [0.717, 1.165) is 31.5 Å². The van der Waals surface area contributed by atoms with Crippen LogP contribution in [0, 0.1) is 0 Å². The smallest absolute Gasteiger partial charge is 0.262 e. The molecule has 4 aromatic rings. The molecule has 1 unspecified atom stereocenters. The number of nitrogens with two attached hydrogens (primary N) is 1. The largest absolute Gasteiger partial charge is 0.384 e. The molecule has 0 spiro atoms. The van der Waals surface area contributed by atoms with Gasteiger partial charge in [-0.15, -0.1) is 0 Å². The average molecular weight is 477 g/mol. The number of hydrogen-bond acceptors (Lipinski definition) is 7. The number of H-pyrrole nitrogens is 1. The van der Waals surface area contributed by atoms with Crippen molar-refractivity contribution >= 4 is 40.3 Å². The second-order valence-electron chi connectivity index (χ2n) is 8.31. The fraction of sp³-hybridized carbons (Fsp3) is 0.292. The Balaban J connectivity index is 1.56. The maximum absolute atomic E-state index is 14.0. The molecule has 174 valence electrons. The zero-order valence-electron chi connectivity index (χ0n) is 18.6. The first kappa shape index (κ1) is 22.2. The number of nitrogen functional groups attached to an aromatic ring is 1. The third-order valence-electron chi connectivity index (χ3n) is 6.17. The molecule has 4 aromatic heterocycles. The predicted octanol–water partition coefficient (Wildman–Crippen LogP) is 3.86. The molecule has 34 heavy (non-hydrogen) atoms. The zero-order chi connectivity index (χ0) is 23.5. The van der Waals surface area contributed by atoms with Crippen molar-refractivity contribution in [2.75, 3.05) is 30.3 Å². The number of piperidine rings is 1. The standard InChI is InChI=1S/C24H25ClN8O/c25-18-7-10-27-22-21(18)17(14-31-22)23(34)33(24-28-8-4-9-29-24)15-19(32-11-2-1-3-12-32)16-5-6-20(26)30-13-16/h4-10,13-14,19H,1-3,11-12,15H2,(H2,26,30)(H,27,31). The van der Waals surface area contributed by atoms with Gasteiger partial charge in [0.05, 0.1) is 22.0 Å². The highest BCUT2D eigenvalue weighted by molar-refractivity contribution is 6.36. The summed E-state index contributed by atoms with van der Waals surface area (Å²) in [6.45, 7) is 2.23. The minimum Gasteiger partial charge on any atom is -0.384 e. The Morgan fingerprint density at radius 3 is 2.62 bits per heavy atom. The van der Waals surface area contributed by atoms with E-state index in [1.807, 2.05) is 6.07 Å². The van der Waals surface area contributed by atoms with E-state index in [9.17, 15) is 4.79 Å². The number of pyridine rings is 2. The van der Waals surface area contributed by atoms with Crippen molar-refractivity contribution in [3.63, 3.8) is 0 Å². The normalized spacial score (nSPS) is 15.3. The van der Waals surface area contributed by atoms with E-state index in [0.29, 0.717) is 39.9 Å². The summed E-state index contributed by atoms with van der Waals surface area (Å²) in [6, 6.07) is 7.07. The van der Waals surface area contributed by atoms with Crippen molar-refractivity contribution in [3.8, 4) is 0 Å². The molecule has 1 fully saturated rings. The number of likely N-dealkylation sites (tertiary alicyclic amines) is 1. The number of amides is 1. The summed E-state index contributed by atoms with van der Waals surface area (Å²) in [5.74, 6) is 0.534. The molecule has 5 heterocycles. The van der Waals surface area contributed by atoms with E-state index < -0.39 is 0 Å². The van der Waals surface area contributed by atoms with Crippen molar-refractivity contribution in [3.05, 3.63) is 71.4 Å². The van der Waals surface area contributed by atoms with Crippen molar-refractivity contribution in [1.29, 1.82) is 0 Å². The van der Waals surface area contributed by atoms with Crippen LogP contribution in [-0.4, -0.2) is 55.4 Å².